The van der Waals surface area contributed by atoms with Crippen molar-refractivity contribution < 1.29 is 80.2 Å². The molecule has 0 spiro atoms. The average molecular weight is 1400 g/mol. The van der Waals surface area contributed by atoms with E-state index in [4.69, 9.17) is 37.0 Å². The van der Waals surface area contributed by atoms with Crippen LogP contribution < -0.4 is 0 Å². The standard InChI is InChI=1S/C76H148O17P2/c1-8-10-11-12-13-14-29-36-43-50-57-73(78)86-63-71(93-76(81)60-53-46-39-32-25-24-27-34-41-48-55-68(5)6)65-90-94(82,83)88-61-70(77)62-89-95(84,85)91-66-72(64-87-74(79)58-51-44-37-30-23-19-20-26-33-40-47-54-67(3)4)92-75(80)59-52-45-38-31-22-18-16-15-17-21-28-35-42-49-56-69(7)9-2/h67-72,77H,8-66H2,1-7H3,(H,82,83)(H,84,85)/t69?,70-,71+,72+/m0/s1. The molecule has 0 saturated carbocycles. The van der Waals surface area contributed by atoms with E-state index >= 15 is 0 Å². The van der Waals surface area contributed by atoms with Gasteiger partial charge in [0.1, 0.15) is 19.3 Å². The Labute approximate surface area is 581 Å². The van der Waals surface area contributed by atoms with Crippen LogP contribution in [0.1, 0.15) is 389 Å². The second-order valence-electron chi connectivity index (χ2n) is 28.6. The lowest BCUT2D eigenvalue weighted by atomic mass is 9.99. The quantitative estimate of drug-likeness (QED) is 0.0222. The van der Waals surface area contributed by atoms with E-state index in [0.717, 1.165) is 108 Å². The van der Waals surface area contributed by atoms with Crippen molar-refractivity contribution in [2.75, 3.05) is 39.6 Å². The van der Waals surface area contributed by atoms with Crippen LogP contribution in [0.5, 0.6) is 0 Å². The molecular weight excluding hydrogens is 1250 g/mol. The van der Waals surface area contributed by atoms with Crippen LogP contribution in [0, 0.1) is 17.8 Å². The smallest absolute Gasteiger partial charge is 0.462 e. The molecule has 0 heterocycles. The van der Waals surface area contributed by atoms with Gasteiger partial charge in [-0.3, -0.25) is 37.3 Å². The van der Waals surface area contributed by atoms with E-state index in [9.17, 15) is 43.2 Å². The first-order chi connectivity index (χ1) is 45.8. The zero-order valence-electron chi connectivity index (χ0n) is 62.1. The molecule has 0 bridgehead atoms. The average Bonchev–Trinajstić information content (AvgIpc) is 1.46. The van der Waals surface area contributed by atoms with Gasteiger partial charge in [0, 0.05) is 25.7 Å². The Bertz CT molecular complexity index is 1850. The van der Waals surface area contributed by atoms with Gasteiger partial charge in [-0.1, -0.05) is 337 Å². The molecule has 564 valence electrons. The zero-order valence-corrected chi connectivity index (χ0v) is 63.9. The predicted octanol–water partition coefficient (Wildman–Crippen LogP) is 22.2. The lowest BCUT2D eigenvalue weighted by molar-refractivity contribution is -0.161. The lowest BCUT2D eigenvalue weighted by Gasteiger charge is -2.21. The largest absolute Gasteiger partial charge is 0.472 e. The summed E-state index contributed by atoms with van der Waals surface area (Å²) in [5.74, 6) is 0.252. The second-order valence-corrected chi connectivity index (χ2v) is 31.5. The summed E-state index contributed by atoms with van der Waals surface area (Å²) in [4.78, 5) is 72.8. The van der Waals surface area contributed by atoms with Crippen molar-refractivity contribution in [1.82, 2.24) is 0 Å². The maximum absolute atomic E-state index is 13.1. The summed E-state index contributed by atoms with van der Waals surface area (Å²) in [6, 6.07) is 0. The Balaban J connectivity index is 5.25. The minimum Gasteiger partial charge on any atom is -0.462 e. The number of carbonyl (C=O) groups is 4. The van der Waals surface area contributed by atoms with Crippen molar-refractivity contribution in [3.63, 3.8) is 0 Å². The van der Waals surface area contributed by atoms with E-state index in [1.165, 1.54) is 199 Å². The second kappa shape index (κ2) is 66.6. The number of aliphatic hydroxyl groups is 1. The highest BCUT2D eigenvalue weighted by Crippen LogP contribution is 2.45. The first-order valence-corrected chi connectivity index (χ1v) is 42.4. The lowest BCUT2D eigenvalue weighted by Crippen LogP contribution is -2.30. The van der Waals surface area contributed by atoms with E-state index in [-0.39, 0.29) is 25.7 Å². The molecule has 0 fully saturated rings. The number of hydrogen-bond donors (Lipinski definition) is 3. The molecule has 0 aliphatic carbocycles. The summed E-state index contributed by atoms with van der Waals surface area (Å²) in [6.07, 6.45) is 52.6. The number of aliphatic hydroxyl groups excluding tert-OH is 1. The van der Waals surface area contributed by atoms with Crippen molar-refractivity contribution in [3.05, 3.63) is 0 Å². The van der Waals surface area contributed by atoms with Gasteiger partial charge in [-0.15, -0.1) is 0 Å². The first-order valence-electron chi connectivity index (χ1n) is 39.4. The molecule has 0 radical (unpaired) electrons. The van der Waals surface area contributed by atoms with E-state index in [1.54, 1.807) is 0 Å². The van der Waals surface area contributed by atoms with Gasteiger partial charge in [0.15, 0.2) is 12.2 Å². The van der Waals surface area contributed by atoms with Crippen molar-refractivity contribution in [2.45, 2.75) is 407 Å². The summed E-state index contributed by atoms with van der Waals surface area (Å²) in [5.41, 5.74) is 0. The van der Waals surface area contributed by atoms with Crippen molar-refractivity contribution >= 4 is 39.5 Å². The number of unbranched alkanes of at least 4 members (excludes halogenated alkanes) is 41. The van der Waals surface area contributed by atoms with E-state index < -0.39 is 97.5 Å². The highest BCUT2D eigenvalue weighted by Gasteiger charge is 2.30. The molecule has 0 aromatic carbocycles. The minimum atomic E-state index is -4.96. The van der Waals surface area contributed by atoms with Crippen LogP contribution in [0.25, 0.3) is 0 Å². The van der Waals surface area contributed by atoms with Crippen LogP contribution in [-0.2, 0) is 65.4 Å². The fourth-order valence-electron chi connectivity index (χ4n) is 11.6. The molecule has 0 saturated heterocycles. The number of phosphoric acid groups is 2. The Morgan fingerprint density at radius 1 is 0.305 bits per heavy atom. The molecular formula is C76H148O17P2. The van der Waals surface area contributed by atoms with Crippen molar-refractivity contribution in [2.24, 2.45) is 17.8 Å². The molecule has 6 atom stereocenters. The van der Waals surface area contributed by atoms with E-state index in [1.807, 2.05) is 0 Å². The Kier molecular flexibility index (Phi) is 65.2. The predicted molar refractivity (Wildman–Crippen MR) is 386 cm³/mol. The molecule has 0 aromatic rings. The Hall–Kier alpha value is -1.94. The summed E-state index contributed by atoms with van der Waals surface area (Å²) < 4.78 is 68.5. The molecule has 0 rings (SSSR count). The van der Waals surface area contributed by atoms with Gasteiger partial charge in [-0.05, 0) is 43.4 Å². The molecule has 0 aliphatic rings. The number of ether oxygens (including phenoxy) is 4. The van der Waals surface area contributed by atoms with Crippen LogP contribution >= 0.6 is 15.6 Å². The van der Waals surface area contributed by atoms with Gasteiger partial charge < -0.3 is 33.8 Å². The Morgan fingerprint density at radius 2 is 0.537 bits per heavy atom. The van der Waals surface area contributed by atoms with Crippen molar-refractivity contribution in [1.29, 1.82) is 0 Å². The molecule has 0 aliphatic heterocycles. The normalized spacial score (nSPS) is 14.4. The van der Waals surface area contributed by atoms with Gasteiger partial charge in [-0.25, -0.2) is 9.13 Å². The van der Waals surface area contributed by atoms with Crippen molar-refractivity contribution in [3.8, 4) is 0 Å². The molecule has 0 amide bonds. The van der Waals surface area contributed by atoms with Crippen LogP contribution in [-0.4, -0.2) is 96.7 Å². The minimum absolute atomic E-state index is 0.106. The highest BCUT2D eigenvalue weighted by atomic mass is 31.2. The maximum Gasteiger partial charge on any atom is 0.472 e. The monoisotopic (exact) mass is 1400 g/mol. The summed E-state index contributed by atoms with van der Waals surface area (Å²) in [5, 5.41) is 10.6. The molecule has 19 heteroatoms. The fourth-order valence-corrected chi connectivity index (χ4v) is 13.1. The van der Waals surface area contributed by atoms with Gasteiger partial charge in [0.05, 0.1) is 26.4 Å². The zero-order chi connectivity index (χ0) is 70.1. The topological polar surface area (TPSA) is 237 Å². The van der Waals surface area contributed by atoms with Gasteiger partial charge in [-0.2, -0.15) is 0 Å². The van der Waals surface area contributed by atoms with Gasteiger partial charge >= 0.3 is 39.5 Å². The van der Waals surface area contributed by atoms with E-state index in [2.05, 4.69) is 48.5 Å². The number of rotatable bonds is 74. The highest BCUT2D eigenvalue weighted by molar-refractivity contribution is 7.47. The summed E-state index contributed by atoms with van der Waals surface area (Å²) in [6.45, 7) is 11.9. The number of hydrogen-bond acceptors (Lipinski definition) is 15. The third-order valence-corrected chi connectivity index (χ3v) is 19.9. The Morgan fingerprint density at radius 3 is 0.800 bits per heavy atom. The van der Waals surface area contributed by atoms with Crippen LogP contribution in [0.4, 0.5) is 0 Å². The molecule has 95 heavy (non-hydrogen) atoms. The van der Waals surface area contributed by atoms with Gasteiger partial charge in [0.25, 0.3) is 0 Å². The third kappa shape index (κ3) is 69.0. The number of carbonyl (C=O) groups excluding carboxylic acids is 4. The SMILES string of the molecule is CCCCCCCCCCCCC(=O)OC[C@H](COP(=O)(O)OC[C@H](O)COP(=O)(O)OC[C@@H](COC(=O)CCCCCCCCCCCCCC(C)C)OC(=O)CCCCCCCCCCCCCCCCC(C)CC)OC(=O)CCCCCCCCCCCCC(C)C. The van der Waals surface area contributed by atoms with Crippen LogP contribution in [0.15, 0.2) is 0 Å². The molecule has 3 unspecified atom stereocenters. The van der Waals surface area contributed by atoms with Crippen LogP contribution in [0.3, 0.4) is 0 Å². The number of phosphoric ester groups is 2. The van der Waals surface area contributed by atoms with Gasteiger partial charge in [0.2, 0.25) is 0 Å². The molecule has 3 N–H and O–H groups in total. The number of esters is 4. The van der Waals surface area contributed by atoms with Crippen LogP contribution in [0.2, 0.25) is 0 Å². The fraction of sp³-hybridized carbons (Fsp3) is 0.947. The molecule has 0 aromatic heterocycles. The summed E-state index contributed by atoms with van der Waals surface area (Å²) >= 11 is 0. The third-order valence-electron chi connectivity index (χ3n) is 18.0. The summed E-state index contributed by atoms with van der Waals surface area (Å²) in [7, 11) is -9.91. The molecule has 17 nitrogen and oxygen atoms in total. The van der Waals surface area contributed by atoms with E-state index in [0.29, 0.717) is 25.7 Å². The maximum atomic E-state index is 13.1. The first kappa shape index (κ1) is 93.1.